The van der Waals surface area contributed by atoms with E-state index in [4.69, 9.17) is 17.0 Å². The van der Waals surface area contributed by atoms with Crippen molar-refractivity contribution in [2.45, 2.75) is 6.67 Å². The number of thiazole rings is 1. The molecule has 3 aromatic rings. The molecule has 1 heterocycles. The summed E-state index contributed by atoms with van der Waals surface area (Å²) in [5.74, 6) is 0.832. The number of hydrogen-bond acceptors (Lipinski definition) is 4. The monoisotopic (exact) mass is 302 g/mol. The summed E-state index contributed by atoms with van der Waals surface area (Å²) < 4.78 is 9.51. The molecule has 1 N–H and O–H groups in total. The van der Waals surface area contributed by atoms with Crippen molar-refractivity contribution in [1.82, 2.24) is 4.57 Å². The average Bonchev–Trinajstić information content (AvgIpc) is 2.81. The number of ether oxygens (including phenoxy) is 1. The Hall–Kier alpha value is -1.85. The van der Waals surface area contributed by atoms with Crippen LogP contribution in [-0.2, 0) is 6.67 Å². The van der Waals surface area contributed by atoms with Crippen molar-refractivity contribution in [2.75, 3.05) is 12.4 Å². The maximum atomic E-state index is 5.44. The van der Waals surface area contributed by atoms with Crippen molar-refractivity contribution in [3.63, 3.8) is 0 Å². The molecule has 3 nitrogen and oxygen atoms in total. The molecule has 0 unspecified atom stereocenters. The molecule has 0 atom stereocenters. The molecule has 0 aliphatic rings. The zero-order chi connectivity index (χ0) is 13.9. The van der Waals surface area contributed by atoms with Crippen LogP contribution < -0.4 is 10.1 Å². The van der Waals surface area contributed by atoms with Crippen LogP contribution in [0.15, 0.2) is 48.5 Å². The maximum absolute atomic E-state index is 5.44. The Kier molecular flexibility index (Phi) is 3.71. The quantitative estimate of drug-likeness (QED) is 0.718. The fraction of sp³-hybridized carbons (Fsp3) is 0.133. The highest BCUT2D eigenvalue weighted by molar-refractivity contribution is 7.73. The Labute approximate surface area is 126 Å². The lowest BCUT2D eigenvalue weighted by Gasteiger charge is -2.12. The molecule has 0 bridgehead atoms. The van der Waals surface area contributed by atoms with E-state index in [2.05, 4.69) is 22.0 Å². The van der Waals surface area contributed by atoms with Crippen LogP contribution in [0.4, 0.5) is 5.69 Å². The number of nitrogens with one attached hydrogen (secondary N) is 1. The number of benzene rings is 2. The van der Waals surface area contributed by atoms with Gasteiger partial charge in [0.25, 0.3) is 0 Å². The molecule has 1 aromatic heterocycles. The maximum Gasteiger partial charge on any atom is 0.163 e. The summed E-state index contributed by atoms with van der Waals surface area (Å²) in [6.45, 7) is 0.628. The number of fused-ring (bicyclic) bond motifs is 1. The Balaban J connectivity index is 1.91. The van der Waals surface area contributed by atoms with E-state index in [0.717, 1.165) is 20.9 Å². The molecule has 20 heavy (non-hydrogen) atoms. The molecule has 0 saturated carbocycles. The van der Waals surface area contributed by atoms with Crippen molar-refractivity contribution in [3.8, 4) is 5.75 Å². The standard InChI is InChI=1S/C15H14N2OS2/c1-18-13-8-4-2-6-11(13)16-10-17-12-7-3-5-9-14(12)20-15(17)19/h2-9,16H,10H2,1H3. The predicted molar refractivity (Wildman–Crippen MR) is 87.3 cm³/mol. The Bertz CT molecular complexity index is 792. The van der Waals surface area contributed by atoms with Crippen LogP contribution in [0.2, 0.25) is 0 Å². The highest BCUT2D eigenvalue weighted by Gasteiger charge is 2.05. The van der Waals surface area contributed by atoms with Crippen LogP contribution in [0.5, 0.6) is 5.75 Å². The van der Waals surface area contributed by atoms with E-state index in [9.17, 15) is 0 Å². The number of methoxy groups -OCH3 is 1. The molecule has 5 heteroatoms. The smallest absolute Gasteiger partial charge is 0.163 e. The van der Waals surface area contributed by atoms with Crippen LogP contribution in [-0.4, -0.2) is 11.7 Å². The second-order valence-corrected chi connectivity index (χ2v) is 5.97. The van der Waals surface area contributed by atoms with E-state index in [1.165, 1.54) is 4.70 Å². The summed E-state index contributed by atoms with van der Waals surface area (Å²) in [4.78, 5) is 0. The molecule has 0 aliphatic carbocycles. The first-order valence-corrected chi connectivity index (χ1v) is 7.47. The Morgan fingerprint density at radius 2 is 1.90 bits per heavy atom. The van der Waals surface area contributed by atoms with E-state index in [1.54, 1.807) is 18.4 Å². The van der Waals surface area contributed by atoms with Gasteiger partial charge in [-0.2, -0.15) is 0 Å². The number of aromatic nitrogens is 1. The summed E-state index contributed by atoms with van der Waals surface area (Å²) in [5.41, 5.74) is 2.12. The third-order valence-corrected chi connectivity index (χ3v) is 4.54. The van der Waals surface area contributed by atoms with Gasteiger partial charge in [0.05, 0.1) is 29.7 Å². The molecule has 102 valence electrons. The van der Waals surface area contributed by atoms with E-state index < -0.39 is 0 Å². The van der Waals surface area contributed by atoms with E-state index in [0.29, 0.717) is 6.67 Å². The number of rotatable bonds is 4. The van der Waals surface area contributed by atoms with Crippen molar-refractivity contribution in [3.05, 3.63) is 52.5 Å². The number of hydrogen-bond donors (Lipinski definition) is 1. The summed E-state index contributed by atoms with van der Waals surface area (Å²) in [6, 6.07) is 16.1. The average molecular weight is 302 g/mol. The number of anilines is 1. The second-order valence-electron chi connectivity index (χ2n) is 4.30. The molecule has 0 fully saturated rings. The molecule has 0 spiro atoms. The number of para-hydroxylation sites is 3. The van der Waals surface area contributed by atoms with E-state index >= 15 is 0 Å². The summed E-state index contributed by atoms with van der Waals surface area (Å²) >= 11 is 7.07. The lowest BCUT2D eigenvalue weighted by Crippen LogP contribution is -2.08. The first kappa shape index (κ1) is 13.1. The van der Waals surface area contributed by atoms with Crippen molar-refractivity contribution in [1.29, 1.82) is 0 Å². The van der Waals surface area contributed by atoms with Gasteiger partial charge in [0.1, 0.15) is 5.75 Å². The van der Waals surface area contributed by atoms with Crippen LogP contribution in [0, 0.1) is 3.95 Å². The van der Waals surface area contributed by atoms with Gasteiger partial charge in [-0.15, -0.1) is 11.3 Å². The summed E-state index contributed by atoms with van der Waals surface area (Å²) in [7, 11) is 1.67. The molecule has 0 saturated heterocycles. The predicted octanol–water partition coefficient (Wildman–Crippen LogP) is 4.51. The highest BCUT2D eigenvalue weighted by Crippen LogP contribution is 2.25. The zero-order valence-electron chi connectivity index (χ0n) is 11.0. The molecule has 0 aliphatic heterocycles. The molecule has 0 amide bonds. The molecular formula is C15H14N2OS2. The minimum atomic E-state index is 0.628. The van der Waals surface area contributed by atoms with Gasteiger partial charge in [-0.05, 0) is 36.5 Å². The van der Waals surface area contributed by atoms with Crippen molar-refractivity contribution >= 4 is 39.5 Å². The van der Waals surface area contributed by atoms with E-state index in [-0.39, 0.29) is 0 Å². The van der Waals surface area contributed by atoms with Crippen molar-refractivity contribution in [2.24, 2.45) is 0 Å². The van der Waals surface area contributed by atoms with Crippen LogP contribution in [0.3, 0.4) is 0 Å². The van der Waals surface area contributed by atoms with Gasteiger partial charge in [-0.3, -0.25) is 0 Å². The topological polar surface area (TPSA) is 26.2 Å². The summed E-state index contributed by atoms with van der Waals surface area (Å²) in [6.07, 6.45) is 0. The lowest BCUT2D eigenvalue weighted by atomic mass is 10.3. The van der Waals surface area contributed by atoms with Gasteiger partial charge in [-0.25, -0.2) is 0 Å². The van der Waals surface area contributed by atoms with Gasteiger partial charge in [0, 0.05) is 0 Å². The molecule has 3 rings (SSSR count). The van der Waals surface area contributed by atoms with Gasteiger partial charge in [-0.1, -0.05) is 24.3 Å². The van der Waals surface area contributed by atoms with Crippen LogP contribution in [0.25, 0.3) is 10.2 Å². The van der Waals surface area contributed by atoms with Gasteiger partial charge in [0.2, 0.25) is 0 Å². The largest absolute Gasteiger partial charge is 0.495 e. The van der Waals surface area contributed by atoms with E-state index in [1.807, 2.05) is 36.4 Å². The van der Waals surface area contributed by atoms with Crippen LogP contribution >= 0.6 is 23.6 Å². The summed E-state index contributed by atoms with van der Waals surface area (Å²) in [5, 5.41) is 3.38. The first-order chi connectivity index (χ1) is 9.79. The molecule has 0 radical (unpaired) electrons. The van der Waals surface area contributed by atoms with Crippen molar-refractivity contribution < 1.29 is 4.74 Å². The fourth-order valence-electron chi connectivity index (χ4n) is 2.12. The minimum Gasteiger partial charge on any atom is -0.495 e. The lowest BCUT2D eigenvalue weighted by molar-refractivity contribution is 0.416. The normalized spacial score (nSPS) is 10.7. The highest BCUT2D eigenvalue weighted by atomic mass is 32.1. The van der Waals surface area contributed by atoms with Crippen LogP contribution in [0.1, 0.15) is 0 Å². The first-order valence-electron chi connectivity index (χ1n) is 6.25. The van der Waals surface area contributed by atoms with Gasteiger partial charge in [0.15, 0.2) is 3.95 Å². The Morgan fingerprint density at radius 3 is 2.75 bits per heavy atom. The SMILES string of the molecule is COc1ccccc1NCn1c(=S)sc2ccccc21. The minimum absolute atomic E-state index is 0.628. The zero-order valence-corrected chi connectivity index (χ0v) is 12.6. The molecule has 2 aromatic carbocycles. The molecular weight excluding hydrogens is 288 g/mol. The number of nitrogens with zero attached hydrogens (tertiary/aromatic N) is 1. The third kappa shape index (κ3) is 2.42. The Morgan fingerprint density at radius 1 is 1.15 bits per heavy atom. The van der Waals surface area contributed by atoms with Gasteiger partial charge >= 0.3 is 0 Å². The third-order valence-electron chi connectivity index (χ3n) is 3.11. The van der Waals surface area contributed by atoms with Gasteiger partial charge < -0.3 is 14.6 Å². The fourth-order valence-corrected chi connectivity index (χ4v) is 3.44. The second kappa shape index (κ2) is 5.64.